The summed E-state index contributed by atoms with van der Waals surface area (Å²) in [7, 11) is 0. The van der Waals surface area contributed by atoms with Gasteiger partial charge in [-0.3, -0.25) is 4.79 Å². The molecule has 0 radical (unpaired) electrons. The molecular weight excluding hydrogens is 270 g/mol. The van der Waals surface area contributed by atoms with Crippen molar-refractivity contribution in [1.29, 1.82) is 0 Å². The van der Waals surface area contributed by atoms with Gasteiger partial charge in [0.25, 0.3) is 5.91 Å². The highest BCUT2D eigenvalue weighted by Crippen LogP contribution is 2.18. The van der Waals surface area contributed by atoms with Gasteiger partial charge in [-0.05, 0) is 35.0 Å². The summed E-state index contributed by atoms with van der Waals surface area (Å²) in [5.41, 5.74) is 6.95. The van der Waals surface area contributed by atoms with Gasteiger partial charge < -0.3 is 5.73 Å². The molecule has 0 amide bonds. The van der Waals surface area contributed by atoms with Crippen molar-refractivity contribution in [3.63, 3.8) is 0 Å². The normalized spacial score (nSPS) is 10.4. The van der Waals surface area contributed by atoms with Crippen LogP contribution >= 0.6 is 15.9 Å². The molecule has 2 aromatic rings. The van der Waals surface area contributed by atoms with Gasteiger partial charge in [0.1, 0.15) is 5.82 Å². The van der Waals surface area contributed by atoms with Gasteiger partial charge in [-0.1, -0.05) is 12.1 Å². The van der Waals surface area contributed by atoms with Crippen LogP contribution in [0.1, 0.15) is 16.1 Å². The monoisotopic (exact) mass is 279 g/mol. The molecule has 1 aromatic carbocycles. The molecule has 0 bridgehead atoms. The summed E-state index contributed by atoms with van der Waals surface area (Å²) >= 11 is 3.32. The van der Waals surface area contributed by atoms with Gasteiger partial charge in [0, 0.05) is 10.5 Å². The molecule has 2 rings (SSSR count). The minimum atomic E-state index is -0.238. The van der Waals surface area contributed by atoms with Gasteiger partial charge in [-0.15, -0.1) is 0 Å². The number of anilines is 1. The van der Waals surface area contributed by atoms with Crippen LogP contribution < -0.4 is 5.73 Å². The summed E-state index contributed by atoms with van der Waals surface area (Å²) in [4.78, 5) is 12.1. The molecule has 0 spiro atoms. The quantitative estimate of drug-likeness (QED) is 0.871. The maximum atomic E-state index is 12.1. The third-order valence-electron chi connectivity index (χ3n) is 2.16. The number of nitrogens with zero attached hydrogens (tertiary/aromatic N) is 2. The Hall–Kier alpha value is -1.62. The van der Waals surface area contributed by atoms with E-state index in [0.717, 1.165) is 10.2 Å². The Morgan fingerprint density at radius 2 is 2.12 bits per heavy atom. The number of nitrogens with two attached hydrogens (primary N) is 1. The first kappa shape index (κ1) is 10.9. The Morgan fingerprint density at radius 3 is 2.69 bits per heavy atom. The second-order valence-electron chi connectivity index (χ2n) is 3.41. The van der Waals surface area contributed by atoms with E-state index in [0.29, 0.717) is 11.4 Å². The first-order chi connectivity index (χ1) is 7.59. The molecule has 0 saturated heterocycles. The van der Waals surface area contributed by atoms with E-state index < -0.39 is 0 Å². The summed E-state index contributed by atoms with van der Waals surface area (Å²) < 4.78 is 1.93. The van der Waals surface area contributed by atoms with Crippen molar-refractivity contribution in [1.82, 2.24) is 9.78 Å². The van der Waals surface area contributed by atoms with Crippen molar-refractivity contribution in [3.8, 4) is 0 Å². The summed E-state index contributed by atoms with van der Waals surface area (Å²) in [6.45, 7) is 1.79. The number of rotatable bonds is 1. The van der Waals surface area contributed by atoms with Gasteiger partial charge in [-0.25, -0.2) is 0 Å². The zero-order valence-corrected chi connectivity index (χ0v) is 10.2. The maximum Gasteiger partial charge on any atom is 0.281 e. The summed E-state index contributed by atoms with van der Waals surface area (Å²) in [6, 6.07) is 8.83. The zero-order valence-electron chi connectivity index (χ0n) is 8.64. The first-order valence-electron chi connectivity index (χ1n) is 4.71. The van der Waals surface area contributed by atoms with Crippen LogP contribution in [0.5, 0.6) is 0 Å². The number of hydrogen-bond acceptors (Lipinski definition) is 3. The van der Waals surface area contributed by atoms with Gasteiger partial charge >= 0.3 is 0 Å². The zero-order chi connectivity index (χ0) is 11.7. The van der Waals surface area contributed by atoms with E-state index in [1.807, 2.05) is 6.07 Å². The number of carbonyl (C=O) groups is 1. The van der Waals surface area contributed by atoms with Gasteiger partial charge in [0.2, 0.25) is 0 Å². The largest absolute Gasteiger partial charge is 0.383 e. The molecule has 0 unspecified atom stereocenters. The molecule has 1 aromatic heterocycles. The molecule has 0 saturated carbocycles. The molecule has 82 valence electrons. The topological polar surface area (TPSA) is 60.9 Å². The second kappa shape index (κ2) is 4.09. The van der Waals surface area contributed by atoms with Gasteiger partial charge in [0.15, 0.2) is 0 Å². The number of hydrogen-bond donors (Lipinski definition) is 1. The average molecular weight is 280 g/mol. The highest BCUT2D eigenvalue weighted by Gasteiger charge is 2.15. The van der Waals surface area contributed by atoms with Crippen LogP contribution in [0, 0.1) is 6.92 Å². The van der Waals surface area contributed by atoms with E-state index in [1.165, 1.54) is 4.68 Å². The number of aromatic nitrogens is 2. The number of halogens is 1. The molecule has 16 heavy (non-hydrogen) atoms. The van der Waals surface area contributed by atoms with Crippen LogP contribution in [-0.4, -0.2) is 15.7 Å². The van der Waals surface area contributed by atoms with Gasteiger partial charge in [0.05, 0.1) is 11.3 Å². The fourth-order valence-corrected chi connectivity index (χ4v) is 1.89. The summed E-state index contributed by atoms with van der Waals surface area (Å²) in [6.07, 6.45) is 0. The average Bonchev–Trinajstić information content (AvgIpc) is 2.58. The molecular formula is C11H10BrN3O. The Bertz CT molecular complexity index is 548. The van der Waals surface area contributed by atoms with Crippen molar-refractivity contribution in [2.75, 3.05) is 5.73 Å². The minimum Gasteiger partial charge on any atom is -0.383 e. The van der Waals surface area contributed by atoms with Crippen molar-refractivity contribution >= 4 is 27.7 Å². The minimum absolute atomic E-state index is 0.238. The molecule has 4 nitrogen and oxygen atoms in total. The Kier molecular flexibility index (Phi) is 2.78. The second-order valence-corrected chi connectivity index (χ2v) is 4.26. The van der Waals surface area contributed by atoms with Crippen molar-refractivity contribution in [2.45, 2.75) is 6.92 Å². The van der Waals surface area contributed by atoms with Crippen LogP contribution in [0.2, 0.25) is 0 Å². The van der Waals surface area contributed by atoms with Crippen LogP contribution in [0.15, 0.2) is 34.8 Å². The standard InChI is InChI=1S/C11H10BrN3O/c1-7-6-10(13)15(14-7)11(16)8-4-2-3-5-9(8)12/h2-6H,13H2,1H3. The molecule has 0 aliphatic carbocycles. The van der Waals surface area contributed by atoms with E-state index in [2.05, 4.69) is 21.0 Å². The molecule has 0 fully saturated rings. The van der Waals surface area contributed by atoms with E-state index in [9.17, 15) is 4.79 Å². The van der Waals surface area contributed by atoms with E-state index in [-0.39, 0.29) is 5.91 Å². The van der Waals surface area contributed by atoms with Crippen molar-refractivity contribution in [2.24, 2.45) is 0 Å². The van der Waals surface area contributed by atoms with Crippen LogP contribution in [-0.2, 0) is 0 Å². The number of benzene rings is 1. The smallest absolute Gasteiger partial charge is 0.281 e. The molecule has 1 heterocycles. The Balaban J connectivity index is 2.47. The molecule has 5 heteroatoms. The fraction of sp³-hybridized carbons (Fsp3) is 0.0909. The maximum absolute atomic E-state index is 12.1. The Morgan fingerprint density at radius 1 is 1.44 bits per heavy atom. The number of carbonyl (C=O) groups excluding carboxylic acids is 1. The highest BCUT2D eigenvalue weighted by atomic mass is 79.9. The molecule has 2 N–H and O–H groups in total. The van der Waals surface area contributed by atoms with E-state index in [4.69, 9.17) is 5.73 Å². The lowest BCUT2D eigenvalue weighted by molar-refractivity contribution is 0.0947. The van der Waals surface area contributed by atoms with E-state index >= 15 is 0 Å². The molecule has 0 aliphatic rings. The highest BCUT2D eigenvalue weighted by molar-refractivity contribution is 9.10. The molecule has 0 atom stereocenters. The first-order valence-corrected chi connectivity index (χ1v) is 5.50. The lowest BCUT2D eigenvalue weighted by atomic mass is 10.2. The van der Waals surface area contributed by atoms with Crippen molar-refractivity contribution in [3.05, 3.63) is 46.1 Å². The number of aryl methyl sites for hydroxylation is 1. The van der Waals surface area contributed by atoms with E-state index in [1.54, 1.807) is 31.2 Å². The van der Waals surface area contributed by atoms with Gasteiger partial charge in [-0.2, -0.15) is 9.78 Å². The fourth-order valence-electron chi connectivity index (χ4n) is 1.43. The van der Waals surface area contributed by atoms with Crippen LogP contribution in [0.4, 0.5) is 5.82 Å². The lowest BCUT2D eigenvalue weighted by Gasteiger charge is -2.04. The van der Waals surface area contributed by atoms with Crippen LogP contribution in [0.3, 0.4) is 0 Å². The Labute approximate surface area is 101 Å². The third-order valence-corrected chi connectivity index (χ3v) is 2.85. The third kappa shape index (κ3) is 1.86. The predicted octanol–water partition coefficient (Wildman–Crippen LogP) is 2.22. The summed E-state index contributed by atoms with van der Waals surface area (Å²) in [5, 5.41) is 4.05. The summed E-state index contributed by atoms with van der Waals surface area (Å²) in [5.74, 6) is 0.108. The van der Waals surface area contributed by atoms with Crippen molar-refractivity contribution < 1.29 is 4.79 Å². The predicted molar refractivity (Wildman–Crippen MR) is 65.2 cm³/mol. The van der Waals surface area contributed by atoms with Crippen LogP contribution in [0.25, 0.3) is 0 Å². The SMILES string of the molecule is Cc1cc(N)n(C(=O)c2ccccc2Br)n1. The number of nitrogen functional groups attached to an aromatic ring is 1. The molecule has 0 aliphatic heterocycles. The lowest BCUT2D eigenvalue weighted by Crippen LogP contribution is -2.16.